The summed E-state index contributed by atoms with van der Waals surface area (Å²) in [6.45, 7) is 16.2. The number of rotatable bonds is 18. The van der Waals surface area contributed by atoms with Gasteiger partial charge in [-0.25, -0.2) is 26.3 Å². The van der Waals surface area contributed by atoms with Gasteiger partial charge in [-0.3, -0.25) is 0 Å². The van der Waals surface area contributed by atoms with E-state index in [0.29, 0.717) is 44.1 Å². The first-order chi connectivity index (χ1) is 20.9. The summed E-state index contributed by atoms with van der Waals surface area (Å²) in [5.41, 5.74) is 1.99. The van der Waals surface area contributed by atoms with E-state index in [4.69, 9.17) is 0 Å². The van der Waals surface area contributed by atoms with Crippen LogP contribution in [-0.2, 0) is 26.6 Å². The van der Waals surface area contributed by atoms with Crippen molar-refractivity contribution in [1.82, 2.24) is 24.1 Å². The Morgan fingerprint density at radius 1 is 0.727 bits per heavy atom. The summed E-state index contributed by atoms with van der Waals surface area (Å²) in [4.78, 5) is 10.4. The second kappa shape index (κ2) is 16.9. The van der Waals surface area contributed by atoms with E-state index >= 15 is 0 Å². The minimum Gasteiger partial charge on any atom is -0.369 e. The van der Waals surface area contributed by atoms with Gasteiger partial charge in [-0.1, -0.05) is 58.0 Å². The van der Waals surface area contributed by atoms with Crippen LogP contribution in [0.25, 0.3) is 0 Å². The van der Waals surface area contributed by atoms with Crippen LogP contribution < -0.4 is 19.2 Å². The van der Waals surface area contributed by atoms with Crippen LogP contribution in [0.5, 0.6) is 0 Å². The predicted molar refractivity (Wildman–Crippen MR) is 181 cm³/mol. The molecule has 0 aliphatic carbocycles. The summed E-state index contributed by atoms with van der Waals surface area (Å²) >= 11 is 0. The topological polar surface area (TPSA) is 109 Å². The standard InChI is InChI=1S/C31H53N7O4S2/c1-7-36(8-2)18-16-32-43(39,40)30-25-31(44(41,42)33-17-19-37(9-3)10-4)29(38-22-20-34(5)21-23-38)24-28(30)35(6)26-27-14-12-11-13-15-27/h11-15,24-25,32-33H,7-10,16-23,26H2,1-6H3. The molecular weight excluding hydrogens is 599 g/mol. The van der Waals surface area contributed by atoms with Crippen LogP contribution >= 0.6 is 0 Å². The van der Waals surface area contributed by atoms with Crippen LogP contribution in [-0.4, -0.2) is 124 Å². The van der Waals surface area contributed by atoms with Gasteiger partial charge in [-0.05, 0) is 50.9 Å². The van der Waals surface area contributed by atoms with Crippen molar-refractivity contribution < 1.29 is 16.8 Å². The van der Waals surface area contributed by atoms with Crippen LogP contribution in [0.2, 0.25) is 0 Å². The second-order valence-corrected chi connectivity index (χ2v) is 14.7. The fourth-order valence-corrected chi connectivity index (χ4v) is 8.02. The Kier molecular flexibility index (Phi) is 13.9. The Morgan fingerprint density at radius 3 is 1.73 bits per heavy atom. The lowest BCUT2D eigenvalue weighted by Gasteiger charge is -2.36. The molecule has 1 heterocycles. The zero-order valence-corrected chi connectivity index (χ0v) is 29.1. The number of benzene rings is 2. The molecule has 0 atom stereocenters. The van der Waals surface area contributed by atoms with E-state index in [1.165, 1.54) is 6.07 Å². The Morgan fingerprint density at radius 2 is 1.23 bits per heavy atom. The van der Waals surface area contributed by atoms with Crippen LogP contribution in [0, 0.1) is 0 Å². The molecule has 3 rings (SSSR count). The Hall–Kier alpha value is -2.26. The zero-order valence-electron chi connectivity index (χ0n) is 27.4. The minimum absolute atomic E-state index is 0.0115. The highest BCUT2D eigenvalue weighted by molar-refractivity contribution is 7.90. The summed E-state index contributed by atoms with van der Waals surface area (Å²) in [5.74, 6) is 0. The van der Waals surface area contributed by atoms with Crippen LogP contribution in [0.3, 0.4) is 0 Å². The summed E-state index contributed by atoms with van der Waals surface area (Å²) in [6.07, 6.45) is 0. The molecule has 1 aliphatic rings. The van der Waals surface area contributed by atoms with Gasteiger partial charge in [0.1, 0.15) is 9.79 Å². The first-order valence-corrected chi connectivity index (χ1v) is 18.7. The summed E-state index contributed by atoms with van der Waals surface area (Å²) < 4.78 is 61.3. The number of hydrogen-bond donors (Lipinski definition) is 2. The number of hydrogen-bond acceptors (Lipinski definition) is 9. The van der Waals surface area contributed by atoms with E-state index in [9.17, 15) is 16.8 Å². The van der Waals surface area contributed by atoms with Gasteiger partial charge in [-0.15, -0.1) is 0 Å². The van der Waals surface area contributed by atoms with Crippen molar-refractivity contribution in [3.8, 4) is 0 Å². The van der Waals surface area contributed by atoms with E-state index in [-0.39, 0.29) is 22.9 Å². The van der Waals surface area contributed by atoms with Crippen molar-refractivity contribution in [1.29, 1.82) is 0 Å². The van der Waals surface area contributed by atoms with Gasteiger partial charge in [0, 0.05) is 66.0 Å². The lowest BCUT2D eigenvalue weighted by molar-refractivity contribution is 0.308. The highest BCUT2D eigenvalue weighted by Gasteiger charge is 2.31. The third-order valence-electron chi connectivity index (χ3n) is 8.37. The van der Waals surface area contributed by atoms with Gasteiger partial charge in [0.25, 0.3) is 0 Å². The molecule has 11 nitrogen and oxygen atoms in total. The van der Waals surface area contributed by atoms with Crippen LogP contribution in [0.1, 0.15) is 33.3 Å². The Labute approximate surface area is 266 Å². The average molecular weight is 652 g/mol. The SMILES string of the molecule is CCN(CC)CCNS(=O)(=O)c1cc(S(=O)(=O)NCCN(CC)CC)c(N2CCN(C)CC2)cc1N(C)Cc1ccccc1. The quantitative estimate of drug-likeness (QED) is 0.251. The van der Waals surface area contributed by atoms with Gasteiger partial charge in [-0.2, -0.15) is 0 Å². The predicted octanol–water partition coefficient (Wildman–Crippen LogP) is 2.32. The number of nitrogens with zero attached hydrogens (tertiary/aromatic N) is 5. The number of anilines is 2. The van der Waals surface area contributed by atoms with E-state index in [0.717, 1.165) is 44.8 Å². The molecule has 2 aromatic carbocycles. The molecule has 0 radical (unpaired) electrons. The second-order valence-electron chi connectivity index (χ2n) is 11.3. The molecule has 0 spiro atoms. The zero-order chi connectivity index (χ0) is 32.3. The number of sulfonamides is 2. The monoisotopic (exact) mass is 651 g/mol. The molecule has 0 bridgehead atoms. The normalized spacial score (nSPS) is 15.0. The van der Waals surface area contributed by atoms with E-state index < -0.39 is 20.0 Å². The maximum Gasteiger partial charge on any atom is 0.242 e. The molecule has 0 amide bonds. The van der Waals surface area contributed by atoms with Gasteiger partial charge >= 0.3 is 0 Å². The maximum atomic E-state index is 14.0. The van der Waals surface area contributed by atoms with Gasteiger partial charge in [0.15, 0.2) is 0 Å². The smallest absolute Gasteiger partial charge is 0.242 e. The van der Waals surface area contributed by atoms with Crippen molar-refractivity contribution in [2.24, 2.45) is 0 Å². The molecule has 1 fully saturated rings. The van der Waals surface area contributed by atoms with Crippen molar-refractivity contribution in [2.45, 2.75) is 44.0 Å². The van der Waals surface area contributed by atoms with E-state index in [1.807, 2.05) is 77.0 Å². The molecule has 2 N–H and O–H groups in total. The molecule has 1 saturated heterocycles. The molecular formula is C31H53N7O4S2. The van der Waals surface area contributed by atoms with Gasteiger partial charge in [0.2, 0.25) is 20.0 Å². The number of piperazine rings is 1. The maximum absolute atomic E-state index is 14.0. The van der Waals surface area contributed by atoms with Gasteiger partial charge in [0.05, 0.1) is 11.4 Å². The molecule has 0 saturated carbocycles. The van der Waals surface area contributed by atoms with E-state index in [1.54, 1.807) is 6.07 Å². The molecule has 0 unspecified atom stereocenters. The van der Waals surface area contributed by atoms with Crippen molar-refractivity contribution in [3.63, 3.8) is 0 Å². The third kappa shape index (κ3) is 9.87. The minimum atomic E-state index is -4.07. The van der Waals surface area contributed by atoms with E-state index in [2.05, 4.69) is 29.0 Å². The highest BCUT2D eigenvalue weighted by atomic mass is 32.2. The molecule has 0 aromatic heterocycles. The Balaban J connectivity index is 2.12. The van der Waals surface area contributed by atoms with Crippen molar-refractivity contribution in [3.05, 3.63) is 48.0 Å². The summed E-state index contributed by atoms with van der Waals surface area (Å²) in [5, 5.41) is 0. The molecule has 2 aromatic rings. The lowest BCUT2D eigenvalue weighted by Crippen LogP contribution is -2.45. The summed E-state index contributed by atoms with van der Waals surface area (Å²) in [6, 6.07) is 12.9. The Bertz CT molecular complexity index is 1380. The highest BCUT2D eigenvalue weighted by Crippen LogP contribution is 2.37. The van der Waals surface area contributed by atoms with Crippen molar-refractivity contribution in [2.75, 3.05) is 102 Å². The molecule has 13 heteroatoms. The van der Waals surface area contributed by atoms with Crippen LogP contribution in [0.15, 0.2) is 52.3 Å². The number of likely N-dealkylation sites (N-methyl/N-ethyl adjacent to an activating group) is 3. The van der Waals surface area contributed by atoms with Crippen molar-refractivity contribution >= 4 is 31.4 Å². The molecule has 1 aliphatic heterocycles. The van der Waals surface area contributed by atoms with Crippen LogP contribution in [0.4, 0.5) is 11.4 Å². The fraction of sp³-hybridized carbons (Fsp3) is 0.613. The largest absolute Gasteiger partial charge is 0.369 e. The third-order valence-corrected chi connectivity index (χ3v) is 11.3. The fourth-order valence-electron chi connectivity index (χ4n) is 5.42. The summed E-state index contributed by atoms with van der Waals surface area (Å²) in [7, 11) is -4.22. The molecule has 248 valence electrons. The average Bonchev–Trinajstić information content (AvgIpc) is 3.01. The first-order valence-electron chi connectivity index (χ1n) is 15.8. The van der Waals surface area contributed by atoms with Gasteiger partial charge < -0.3 is 24.5 Å². The molecule has 44 heavy (non-hydrogen) atoms. The lowest BCUT2D eigenvalue weighted by atomic mass is 10.2. The number of nitrogens with one attached hydrogen (secondary N) is 2. The first kappa shape index (κ1) is 36.2.